The molecule has 2 aromatic carbocycles. The number of fused-ring (bicyclic) bond motifs is 1. The third-order valence-electron chi connectivity index (χ3n) is 3.60. The van der Waals surface area contributed by atoms with E-state index in [2.05, 4.69) is 47.1 Å². The summed E-state index contributed by atoms with van der Waals surface area (Å²) < 4.78 is 1.29. The van der Waals surface area contributed by atoms with E-state index in [1.165, 1.54) is 15.0 Å². The molecule has 1 heterocycles. The lowest BCUT2D eigenvalue weighted by atomic mass is 10.1. The second-order valence-corrected chi connectivity index (χ2v) is 7.29. The van der Waals surface area contributed by atoms with Gasteiger partial charge >= 0.3 is 0 Å². The molecule has 3 rings (SSSR count). The van der Waals surface area contributed by atoms with Crippen LogP contribution in [-0.4, -0.2) is 24.8 Å². The maximum atomic E-state index is 10.6. The Balaban J connectivity index is 1.94. The van der Waals surface area contributed by atoms with Gasteiger partial charge in [0, 0.05) is 21.5 Å². The fourth-order valence-corrected chi connectivity index (χ4v) is 4.69. The molecule has 0 spiro atoms. The van der Waals surface area contributed by atoms with Crippen molar-refractivity contribution in [3.8, 4) is 0 Å². The van der Waals surface area contributed by atoms with Crippen LogP contribution in [0.4, 0.5) is 0 Å². The molecule has 2 atom stereocenters. The second-order valence-electron chi connectivity index (χ2n) is 5.16. The van der Waals surface area contributed by atoms with Gasteiger partial charge < -0.3 is 10.4 Å². The van der Waals surface area contributed by atoms with Crippen LogP contribution in [0.2, 0.25) is 0 Å². The summed E-state index contributed by atoms with van der Waals surface area (Å²) in [7, 11) is 1.87. The van der Waals surface area contributed by atoms with Crippen LogP contribution >= 0.6 is 23.1 Å². The molecule has 2 nitrogen and oxygen atoms in total. The van der Waals surface area contributed by atoms with Crippen LogP contribution in [0.3, 0.4) is 0 Å². The highest BCUT2D eigenvalue weighted by Gasteiger charge is 2.22. The maximum Gasteiger partial charge on any atom is 0.0827 e. The lowest BCUT2D eigenvalue weighted by molar-refractivity contribution is 0.171. The van der Waals surface area contributed by atoms with Crippen molar-refractivity contribution in [2.75, 3.05) is 13.6 Å². The Bertz CT molecular complexity index is 726. The Hall–Kier alpha value is -1.33. The lowest BCUT2D eigenvalue weighted by Crippen LogP contribution is -2.28. The Morgan fingerprint density at radius 1 is 1.09 bits per heavy atom. The van der Waals surface area contributed by atoms with Crippen molar-refractivity contribution in [3.05, 3.63) is 65.5 Å². The minimum absolute atomic E-state index is 0.0131. The van der Waals surface area contributed by atoms with E-state index in [-0.39, 0.29) is 5.25 Å². The summed E-state index contributed by atoms with van der Waals surface area (Å²) in [6, 6.07) is 18.8. The smallest absolute Gasteiger partial charge is 0.0827 e. The SMILES string of the molecule is CNC[C@@H](O)[C@@H](Sc1cccc2sccc12)c1ccccc1. The number of hydrogen-bond donors (Lipinski definition) is 2. The fourth-order valence-electron chi connectivity index (χ4n) is 2.53. The molecule has 4 heteroatoms. The number of likely N-dealkylation sites (N-methyl/N-ethyl adjacent to an activating group) is 1. The molecule has 0 saturated heterocycles. The number of thiophene rings is 1. The van der Waals surface area contributed by atoms with Crippen molar-refractivity contribution < 1.29 is 5.11 Å². The third-order valence-corrected chi connectivity index (χ3v) is 5.93. The molecular weight excluding hydrogens is 310 g/mol. The molecule has 0 bridgehead atoms. The first-order valence-electron chi connectivity index (χ1n) is 7.30. The number of thioether (sulfide) groups is 1. The zero-order valence-corrected chi connectivity index (χ0v) is 14.0. The zero-order valence-electron chi connectivity index (χ0n) is 12.4. The van der Waals surface area contributed by atoms with E-state index in [0.29, 0.717) is 6.54 Å². The van der Waals surface area contributed by atoms with Gasteiger partial charge in [-0.2, -0.15) is 0 Å². The highest BCUT2D eigenvalue weighted by Crippen LogP contribution is 2.41. The number of rotatable bonds is 6. The standard InChI is InChI=1S/C18H19NOS2/c1-19-12-15(20)18(13-6-3-2-4-7-13)22-17-9-5-8-16-14(17)10-11-21-16/h2-11,15,18-20H,12H2,1H3/t15-,18+/m1/s1. The van der Waals surface area contributed by atoms with Crippen LogP contribution in [0.5, 0.6) is 0 Å². The summed E-state index contributed by atoms with van der Waals surface area (Å²) in [5.74, 6) is 0. The van der Waals surface area contributed by atoms with E-state index in [4.69, 9.17) is 0 Å². The summed E-state index contributed by atoms with van der Waals surface area (Å²) >= 11 is 3.50. The minimum atomic E-state index is -0.439. The van der Waals surface area contributed by atoms with Crippen LogP contribution in [0.1, 0.15) is 10.8 Å². The summed E-state index contributed by atoms with van der Waals surface area (Å²) in [6.45, 7) is 0.576. The van der Waals surface area contributed by atoms with Gasteiger partial charge in [-0.15, -0.1) is 23.1 Å². The van der Waals surface area contributed by atoms with Gasteiger partial charge in [-0.25, -0.2) is 0 Å². The molecule has 0 unspecified atom stereocenters. The average molecular weight is 329 g/mol. The first-order valence-corrected chi connectivity index (χ1v) is 9.06. The van der Waals surface area contributed by atoms with Crippen molar-refractivity contribution in [2.45, 2.75) is 16.2 Å². The Morgan fingerprint density at radius 2 is 1.91 bits per heavy atom. The summed E-state index contributed by atoms with van der Waals surface area (Å²) in [5.41, 5.74) is 1.16. The highest BCUT2D eigenvalue weighted by atomic mass is 32.2. The van der Waals surface area contributed by atoms with Crippen molar-refractivity contribution in [1.82, 2.24) is 5.32 Å². The predicted molar refractivity (Wildman–Crippen MR) is 96.8 cm³/mol. The molecule has 0 aliphatic rings. The van der Waals surface area contributed by atoms with Crippen LogP contribution in [-0.2, 0) is 0 Å². The molecule has 114 valence electrons. The zero-order chi connectivity index (χ0) is 15.4. The maximum absolute atomic E-state index is 10.6. The second kappa shape index (κ2) is 7.29. The van der Waals surface area contributed by atoms with Gasteiger partial charge in [0.25, 0.3) is 0 Å². The van der Waals surface area contributed by atoms with E-state index < -0.39 is 6.10 Å². The first kappa shape index (κ1) is 15.6. The van der Waals surface area contributed by atoms with Gasteiger partial charge in [-0.05, 0) is 36.2 Å². The van der Waals surface area contributed by atoms with Crippen molar-refractivity contribution >= 4 is 33.2 Å². The number of aliphatic hydroxyl groups is 1. The molecule has 3 aromatic rings. The quantitative estimate of drug-likeness (QED) is 0.661. The molecule has 0 saturated carbocycles. The van der Waals surface area contributed by atoms with Gasteiger partial charge in [0.1, 0.15) is 0 Å². The van der Waals surface area contributed by atoms with E-state index in [1.54, 1.807) is 23.1 Å². The Labute approximate surface area is 139 Å². The largest absolute Gasteiger partial charge is 0.390 e. The van der Waals surface area contributed by atoms with E-state index in [9.17, 15) is 5.11 Å². The summed E-state index contributed by atoms with van der Waals surface area (Å²) in [5, 5.41) is 17.0. The average Bonchev–Trinajstić information content (AvgIpc) is 3.03. The third kappa shape index (κ3) is 3.36. The topological polar surface area (TPSA) is 32.3 Å². The molecular formula is C18H19NOS2. The number of nitrogens with one attached hydrogen (secondary N) is 1. The highest BCUT2D eigenvalue weighted by molar-refractivity contribution is 7.99. The molecule has 22 heavy (non-hydrogen) atoms. The molecule has 2 N–H and O–H groups in total. The van der Waals surface area contributed by atoms with Gasteiger partial charge in [0.05, 0.1) is 11.4 Å². The normalized spacial score (nSPS) is 14.1. The molecule has 1 aromatic heterocycles. The van der Waals surface area contributed by atoms with Gasteiger partial charge in [0.15, 0.2) is 0 Å². The van der Waals surface area contributed by atoms with Crippen molar-refractivity contribution in [3.63, 3.8) is 0 Å². The molecule has 0 radical (unpaired) electrons. The first-order chi connectivity index (χ1) is 10.8. The Kier molecular flexibility index (Phi) is 5.16. The Morgan fingerprint density at radius 3 is 2.68 bits per heavy atom. The van der Waals surface area contributed by atoms with Gasteiger partial charge in [-0.3, -0.25) is 0 Å². The summed E-state index contributed by atoms with van der Waals surface area (Å²) in [6.07, 6.45) is -0.439. The predicted octanol–water partition coefficient (Wildman–Crippen LogP) is 4.32. The van der Waals surface area contributed by atoms with Crippen LogP contribution in [0.25, 0.3) is 10.1 Å². The number of hydrogen-bond acceptors (Lipinski definition) is 4. The fraction of sp³-hybridized carbons (Fsp3) is 0.222. The van der Waals surface area contributed by atoms with E-state index >= 15 is 0 Å². The van der Waals surface area contributed by atoms with Crippen molar-refractivity contribution in [2.24, 2.45) is 0 Å². The van der Waals surface area contributed by atoms with Crippen molar-refractivity contribution in [1.29, 1.82) is 0 Å². The van der Waals surface area contributed by atoms with E-state index in [1.807, 2.05) is 25.2 Å². The molecule has 0 aliphatic heterocycles. The lowest BCUT2D eigenvalue weighted by Gasteiger charge is -2.23. The van der Waals surface area contributed by atoms with Gasteiger partial charge in [0.2, 0.25) is 0 Å². The summed E-state index contributed by atoms with van der Waals surface area (Å²) in [4.78, 5) is 1.22. The molecule has 0 amide bonds. The monoisotopic (exact) mass is 329 g/mol. The minimum Gasteiger partial charge on any atom is -0.390 e. The van der Waals surface area contributed by atoms with Crippen LogP contribution < -0.4 is 5.32 Å². The van der Waals surface area contributed by atoms with Crippen LogP contribution in [0, 0.1) is 0 Å². The van der Waals surface area contributed by atoms with Crippen LogP contribution in [0.15, 0.2) is 64.9 Å². The van der Waals surface area contributed by atoms with Gasteiger partial charge in [-0.1, -0.05) is 36.4 Å². The molecule has 0 fully saturated rings. The van der Waals surface area contributed by atoms with E-state index in [0.717, 1.165) is 5.56 Å². The molecule has 0 aliphatic carbocycles. The number of aliphatic hydroxyl groups excluding tert-OH is 1. The number of benzene rings is 2.